The van der Waals surface area contributed by atoms with Crippen molar-refractivity contribution in [1.29, 1.82) is 0 Å². The number of carbonyl (C=O) groups excluding carboxylic acids is 1. The zero-order valence-corrected chi connectivity index (χ0v) is 8.48. The van der Waals surface area contributed by atoms with Gasteiger partial charge >= 0.3 is 0 Å². The van der Waals surface area contributed by atoms with Gasteiger partial charge in [-0.25, -0.2) is 4.39 Å². The lowest BCUT2D eigenvalue weighted by Gasteiger charge is -2.22. The molecule has 0 saturated heterocycles. The lowest BCUT2D eigenvalue weighted by atomic mass is 9.89. The van der Waals surface area contributed by atoms with Crippen LogP contribution in [0.5, 0.6) is 0 Å². The molecule has 0 heterocycles. The molecule has 0 aromatic carbocycles. The molecule has 0 aromatic heterocycles. The highest BCUT2D eigenvalue weighted by molar-refractivity contribution is 5.86. The molecule has 0 amide bonds. The molecule has 0 aliphatic carbocycles. The predicted molar refractivity (Wildman–Crippen MR) is 50.4 cm³/mol. The van der Waals surface area contributed by atoms with Gasteiger partial charge in [0.2, 0.25) is 0 Å². The van der Waals surface area contributed by atoms with Crippen molar-refractivity contribution in [3.8, 4) is 0 Å². The van der Waals surface area contributed by atoms with E-state index in [2.05, 4.69) is 0 Å². The summed E-state index contributed by atoms with van der Waals surface area (Å²) in [7, 11) is 0. The molecule has 0 spiro atoms. The van der Waals surface area contributed by atoms with E-state index in [1.807, 2.05) is 6.92 Å². The first-order valence-corrected chi connectivity index (χ1v) is 4.93. The van der Waals surface area contributed by atoms with Gasteiger partial charge in [0.05, 0.1) is 0 Å². The van der Waals surface area contributed by atoms with Crippen molar-refractivity contribution in [3.05, 3.63) is 0 Å². The van der Waals surface area contributed by atoms with Crippen LogP contribution in [0.4, 0.5) is 4.39 Å². The van der Waals surface area contributed by atoms with Crippen molar-refractivity contribution < 1.29 is 14.3 Å². The minimum atomic E-state index is -1.69. The first-order valence-electron chi connectivity index (χ1n) is 4.93. The molecule has 78 valence electrons. The van der Waals surface area contributed by atoms with Gasteiger partial charge in [-0.3, -0.25) is 4.79 Å². The van der Waals surface area contributed by atoms with Crippen molar-refractivity contribution >= 4 is 5.78 Å². The Morgan fingerprint density at radius 1 is 1.38 bits per heavy atom. The molecular weight excluding hydrogens is 171 g/mol. The van der Waals surface area contributed by atoms with Crippen molar-refractivity contribution in [1.82, 2.24) is 0 Å². The lowest BCUT2D eigenvalue weighted by molar-refractivity contribution is -0.131. The number of alkyl halides is 1. The Morgan fingerprint density at radius 3 is 2.38 bits per heavy atom. The Balaban J connectivity index is 4.23. The van der Waals surface area contributed by atoms with Gasteiger partial charge in [0, 0.05) is 13.0 Å². The molecule has 0 aromatic rings. The number of aliphatic hydroxyl groups excluding tert-OH is 1. The van der Waals surface area contributed by atoms with Crippen LogP contribution in [0, 0.1) is 0 Å². The second kappa shape index (κ2) is 6.08. The number of aliphatic hydroxyl groups is 1. The smallest absolute Gasteiger partial charge is 0.169 e. The maximum Gasteiger partial charge on any atom is 0.169 e. The van der Waals surface area contributed by atoms with E-state index in [1.54, 1.807) is 6.92 Å². The van der Waals surface area contributed by atoms with Crippen molar-refractivity contribution in [3.63, 3.8) is 0 Å². The van der Waals surface area contributed by atoms with Crippen LogP contribution in [0.1, 0.15) is 46.0 Å². The van der Waals surface area contributed by atoms with Gasteiger partial charge in [0.15, 0.2) is 11.5 Å². The Labute approximate surface area is 79.1 Å². The van der Waals surface area contributed by atoms with Crippen LogP contribution in [-0.4, -0.2) is 23.2 Å². The highest BCUT2D eigenvalue weighted by atomic mass is 19.1. The number of halogens is 1. The summed E-state index contributed by atoms with van der Waals surface area (Å²) >= 11 is 0. The molecule has 2 nitrogen and oxygen atoms in total. The SMILES string of the molecule is CCCC(F)(CCCO)C(=O)CC. The Bertz CT molecular complexity index is 159. The fourth-order valence-electron chi connectivity index (χ4n) is 1.48. The topological polar surface area (TPSA) is 37.3 Å². The third kappa shape index (κ3) is 3.85. The number of carbonyl (C=O) groups is 1. The summed E-state index contributed by atoms with van der Waals surface area (Å²) in [6.45, 7) is 3.48. The zero-order chi connectivity index (χ0) is 10.3. The van der Waals surface area contributed by atoms with Crippen molar-refractivity contribution in [2.24, 2.45) is 0 Å². The first kappa shape index (κ1) is 12.6. The minimum absolute atomic E-state index is 0.0492. The highest BCUT2D eigenvalue weighted by Gasteiger charge is 2.34. The first-order chi connectivity index (χ1) is 6.10. The second-order valence-corrected chi connectivity index (χ2v) is 3.32. The fourth-order valence-corrected chi connectivity index (χ4v) is 1.48. The molecule has 1 N–H and O–H groups in total. The molecule has 1 unspecified atom stereocenters. The van der Waals surface area contributed by atoms with Crippen molar-refractivity contribution in [2.75, 3.05) is 6.61 Å². The molecular formula is C10H19FO2. The summed E-state index contributed by atoms with van der Waals surface area (Å²) in [5.74, 6) is -0.331. The molecule has 0 aliphatic heterocycles. The largest absolute Gasteiger partial charge is 0.396 e. The predicted octanol–water partition coefficient (Wildman–Crippen LogP) is 2.25. The van der Waals surface area contributed by atoms with E-state index in [1.165, 1.54) is 0 Å². The minimum Gasteiger partial charge on any atom is -0.396 e. The monoisotopic (exact) mass is 190 g/mol. The summed E-state index contributed by atoms with van der Waals surface area (Å²) in [4.78, 5) is 11.3. The van der Waals surface area contributed by atoms with Gasteiger partial charge in [0.25, 0.3) is 0 Å². The molecule has 0 fully saturated rings. The molecule has 0 radical (unpaired) electrons. The highest BCUT2D eigenvalue weighted by Crippen LogP contribution is 2.26. The summed E-state index contributed by atoms with van der Waals surface area (Å²) in [6.07, 6.45) is 1.70. The lowest BCUT2D eigenvalue weighted by Crippen LogP contribution is -2.33. The molecule has 1 atom stereocenters. The Morgan fingerprint density at radius 2 is 2.00 bits per heavy atom. The van der Waals surface area contributed by atoms with E-state index < -0.39 is 5.67 Å². The van der Waals surface area contributed by atoms with Crippen LogP contribution >= 0.6 is 0 Å². The van der Waals surface area contributed by atoms with Gasteiger partial charge in [-0.05, 0) is 19.3 Å². The number of Topliss-reactive ketones (excluding diaryl/α,β-unsaturated/α-hetero) is 1. The standard InChI is InChI=1S/C10H19FO2/c1-3-6-10(11,7-5-8-12)9(13)4-2/h12H,3-8H2,1-2H3. The number of hydrogen-bond acceptors (Lipinski definition) is 2. The average molecular weight is 190 g/mol. The molecule has 3 heteroatoms. The second-order valence-electron chi connectivity index (χ2n) is 3.32. The van der Waals surface area contributed by atoms with Crippen molar-refractivity contribution in [2.45, 2.75) is 51.6 Å². The molecule has 0 saturated carbocycles. The van der Waals surface area contributed by atoms with E-state index in [9.17, 15) is 9.18 Å². The van der Waals surface area contributed by atoms with E-state index in [-0.39, 0.29) is 31.7 Å². The summed E-state index contributed by atoms with van der Waals surface area (Å²) < 4.78 is 13.9. The van der Waals surface area contributed by atoms with Gasteiger partial charge in [-0.1, -0.05) is 20.3 Å². The van der Waals surface area contributed by atoms with Crippen LogP contribution in [0.25, 0.3) is 0 Å². The molecule has 0 rings (SSSR count). The molecule has 0 aliphatic rings. The van der Waals surface area contributed by atoms with Crippen LogP contribution < -0.4 is 0 Å². The van der Waals surface area contributed by atoms with Crippen LogP contribution in [0.2, 0.25) is 0 Å². The number of rotatable bonds is 7. The van der Waals surface area contributed by atoms with Gasteiger partial charge < -0.3 is 5.11 Å². The maximum absolute atomic E-state index is 13.9. The number of hydrogen-bond donors (Lipinski definition) is 1. The van der Waals surface area contributed by atoms with Crippen LogP contribution in [0.15, 0.2) is 0 Å². The molecule has 13 heavy (non-hydrogen) atoms. The Hall–Kier alpha value is -0.440. The Kier molecular flexibility index (Phi) is 5.88. The maximum atomic E-state index is 13.9. The fraction of sp³-hybridized carbons (Fsp3) is 0.900. The third-order valence-corrected chi connectivity index (χ3v) is 2.20. The normalized spacial score (nSPS) is 15.4. The van der Waals surface area contributed by atoms with E-state index in [0.29, 0.717) is 12.8 Å². The van der Waals surface area contributed by atoms with E-state index in [4.69, 9.17) is 5.11 Å². The summed E-state index contributed by atoms with van der Waals surface area (Å²) in [5, 5.41) is 8.57. The summed E-state index contributed by atoms with van der Waals surface area (Å²) in [5.41, 5.74) is -1.69. The quantitative estimate of drug-likeness (QED) is 0.668. The zero-order valence-electron chi connectivity index (χ0n) is 8.48. The van der Waals surface area contributed by atoms with Crippen LogP contribution in [0.3, 0.4) is 0 Å². The van der Waals surface area contributed by atoms with Gasteiger partial charge in [0.1, 0.15) is 0 Å². The van der Waals surface area contributed by atoms with E-state index >= 15 is 0 Å². The third-order valence-electron chi connectivity index (χ3n) is 2.20. The van der Waals surface area contributed by atoms with E-state index in [0.717, 1.165) is 0 Å². The number of ketones is 1. The molecule has 0 bridgehead atoms. The van der Waals surface area contributed by atoms with Crippen LogP contribution in [-0.2, 0) is 4.79 Å². The van der Waals surface area contributed by atoms with Gasteiger partial charge in [-0.2, -0.15) is 0 Å². The van der Waals surface area contributed by atoms with Gasteiger partial charge in [-0.15, -0.1) is 0 Å². The average Bonchev–Trinajstić information content (AvgIpc) is 2.14. The summed E-state index contributed by atoms with van der Waals surface area (Å²) in [6, 6.07) is 0.